The van der Waals surface area contributed by atoms with Crippen molar-refractivity contribution in [3.8, 4) is 0 Å². The maximum atomic E-state index is 10.5. The minimum absolute atomic E-state index is 0.0746. The van der Waals surface area contributed by atoms with Crippen LogP contribution < -0.4 is 0 Å². The Morgan fingerprint density at radius 2 is 1.79 bits per heavy atom. The summed E-state index contributed by atoms with van der Waals surface area (Å²) in [5, 5.41) is 10.5. The van der Waals surface area contributed by atoms with E-state index in [0.29, 0.717) is 22.7 Å². The Morgan fingerprint density at radius 3 is 2.52 bits per heavy atom. The van der Waals surface area contributed by atoms with E-state index in [2.05, 4.69) is 53.7 Å². The van der Waals surface area contributed by atoms with Crippen LogP contribution >= 0.6 is 0 Å². The molecule has 4 aliphatic rings. The monoisotopic (exact) mass is 398 g/mol. The fourth-order valence-electron chi connectivity index (χ4n) is 8.76. The minimum atomic E-state index is -0.0746. The van der Waals surface area contributed by atoms with Gasteiger partial charge in [-0.3, -0.25) is 0 Å². The fraction of sp³-hybridized carbons (Fsp3) is 0.857. The van der Waals surface area contributed by atoms with Gasteiger partial charge in [-0.2, -0.15) is 0 Å². The summed E-state index contributed by atoms with van der Waals surface area (Å²) in [5.41, 5.74) is 4.28. The Bertz CT molecular complexity index is 670. The van der Waals surface area contributed by atoms with Crippen molar-refractivity contribution in [2.45, 2.75) is 105 Å². The molecular weight excluding hydrogens is 352 g/mol. The maximum Gasteiger partial charge on any atom is 0.0568 e. The molecule has 0 unspecified atom stereocenters. The Hall–Kier alpha value is -0.560. The van der Waals surface area contributed by atoms with Gasteiger partial charge in [-0.1, -0.05) is 51.0 Å². The summed E-state index contributed by atoms with van der Waals surface area (Å²) in [5.74, 6) is 4.51. The summed E-state index contributed by atoms with van der Waals surface area (Å²) < 4.78 is 0. The number of rotatable bonds is 4. The Morgan fingerprint density at radius 1 is 1.10 bits per heavy atom. The molecular formula is C28H46O. The van der Waals surface area contributed by atoms with Crippen molar-refractivity contribution in [2.24, 2.45) is 46.3 Å². The van der Waals surface area contributed by atoms with Crippen LogP contribution in [0, 0.1) is 46.3 Å². The van der Waals surface area contributed by atoms with Crippen LogP contribution in [0.4, 0.5) is 0 Å². The van der Waals surface area contributed by atoms with Crippen molar-refractivity contribution in [2.75, 3.05) is 0 Å². The van der Waals surface area contributed by atoms with Gasteiger partial charge in [0.15, 0.2) is 0 Å². The predicted octanol–water partition coefficient (Wildman–Crippen LogP) is 7.55. The van der Waals surface area contributed by atoms with Gasteiger partial charge < -0.3 is 5.11 Å². The SMILES string of the molecule is CC(C)=CCC[C@H](C)[C@H]1CC[C@H]2C3=CC[C@H]4[C@H](C)[C@@H](O)CC[C@]4(C)[C@H]3CC[C@]12C. The zero-order chi connectivity index (χ0) is 21.0. The van der Waals surface area contributed by atoms with Gasteiger partial charge in [-0.15, -0.1) is 0 Å². The first-order chi connectivity index (χ1) is 13.7. The standard InChI is InChI=1S/C28H46O/c1-18(2)8-7-9-19(3)22-12-13-24-21-10-11-23-20(4)26(29)15-17-28(23,6)25(21)14-16-27(22,24)5/h8,10,19-20,22-26,29H,7,9,11-17H2,1-6H3/t19-,20-,22+,23-,24-,25-,26-,27+,28-/m0/s1. The summed E-state index contributed by atoms with van der Waals surface area (Å²) in [6.07, 6.45) is 16.8. The van der Waals surface area contributed by atoms with Gasteiger partial charge >= 0.3 is 0 Å². The number of allylic oxidation sites excluding steroid dienone is 4. The average Bonchev–Trinajstić information content (AvgIpc) is 3.02. The van der Waals surface area contributed by atoms with Gasteiger partial charge in [0.25, 0.3) is 0 Å². The first-order valence-corrected chi connectivity index (χ1v) is 12.7. The summed E-state index contributed by atoms with van der Waals surface area (Å²) in [6.45, 7) is 14.6. The molecule has 0 bridgehead atoms. The summed E-state index contributed by atoms with van der Waals surface area (Å²) in [6, 6.07) is 0. The third-order valence-corrected chi connectivity index (χ3v) is 10.5. The van der Waals surface area contributed by atoms with E-state index in [0.717, 1.165) is 30.1 Å². The van der Waals surface area contributed by atoms with E-state index < -0.39 is 0 Å². The smallest absolute Gasteiger partial charge is 0.0568 e. The molecule has 0 aliphatic heterocycles. The molecule has 3 saturated carbocycles. The molecule has 0 aromatic heterocycles. The molecule has 29 heavy (non-hydrogen) atoms. The molecule has 0 heterocycles. The molecule has 1 heteroatoms. The molecule has 9 atom stereocenters. The molecule has 164 valence electrons. The van der Waals surface area contributed by atoms with Crippen LogP contribution in [0.15, 0.2) is 23.3 Å². The van der Waals surface area contributed by atoms with E-state index in [-0.39, 0.29) is 6.10 Å². The van der Waals surface area contributed by atoms with Gasteiger partial charge in [0, 0.05) is 0 Å². The molecule has 0 radical (unpaired) electrons. The average molecular weight is 399 g/mol. The third kappa shape index (κ3) is 3.48. The zero-order valence-electron chi connectivity index (χ0n) is 20.0. The van der Waals surface area contributed by atoms with E-state index in [9.17, 15) is 5.11 Å². The number of hydrogen-bond donors (Lipinski definition) is 1. The highest BCUT2D eigenvalue weighted by molar-refractivity contribution is 5.28. The Kier molecular flexibility index (Phi) is 5.86. The molecule has 0 spiro atoms. The van der Waals surface area contributed by atoms with E-state index in [1.54, 1.807) is 0 Å². The highest BCUT2D eigenvalue weighted by Gasteiger charge is 2.59. The Balaban J connectivity index is 1.54. The van der Waals surface area contributed by atoms with E-state index >= 15 is 0 Å². The lowest BCUT2D eigenvalue weighted by Crippen LogP contribution is -2.52. The number of hydrogen-bond acceptors (Lipinski definition) is 1. The first-order valence-electron chi connectivity index (χ1n) is 12.7. The number of fused-ring (bicyclic) bond motifs is 5. The van der Waals surface area contributed by atoms with Crippen LogP contribution in [-0.4, -0.2) is 11.2 Å². The molecule has 1 N–H and O–H groups in total. The number of aliphatic hydroxyl groups excluding tert-OH is 1. The van der Waals surface area contributed by atoms with Gasteiger partial charge in [0.1, 0.15) is 0 Å². The van der Waals surface area contributed by atoms with Crippen molar-refractivity contribution in [3.63, 3.8) is 0 Å². The largest absolute Gasteiger partial charge is 0.393 e. The van der Waals surface area contributed by atoms with Crippen LogP contribution in [-0.2, 0) is 0 Å². The predicted molar refractivity (Wildman–Crippen MR) is 124 cm³/mol. The molecule has 0 aromatic rings. The van der Waals surface area contributed by atoms with Gasteiger partial charge in [-0.25, -0.2) is 0 Å². The topological polar surface area (TPSA) is 20.2 Å². The van der Waals surface area contributed by atoms with Crippen molar-refractivity contribution in [1.82, 2.24) is 0 Å². The summed E-state index contributed by atoms with van der Waals surface area (Å²) in [4.78, 5) is 0. The molecule has 4 aliphatic carbocycles. The second-order valence-corrected chi connectivity index (χ2v) is 12.2. The Labute approximate surface area is 180 Å². The number of aliphatic hydroxyl groups is 1. The van der Waals surface area contributed by atoms with Crippen LogP contribution in [0.1, 0.15) is 99.3 Å². The summed E-state index contributed by atoms with van der Waals surface area (Å²) in [7, 11) is 0. The second kappa shape index (κ2) is 7.85. The molecule has 0 amide bonds. The highest BCUT2D eigenvalue weighted by atomic mass is 16.3. The molecule has 1 nitrogen and oxygen atoms in total. The first kappa shape index (κ1) is 21.7. The van der Waals surface area contributed by atoms with E-state index in [1.165, 1.54) is 56.9 Å². The summed E-state index contributed by atoms with van der Waals surface area (Å²) >= 11 is 0. The van der Waals surface area contributed by atoms with Crippen molar-refractivity contribution >= 4 is 0 Å². The van der Waals surface area contributed by atoms with Gasteiger partial charge in [-0.05, 0) is 118 Å². The van der Waals surface area contributed by atoms with Crippen molar-refractivity contribution in [1.29, 1.82) is 0 Å². The molecule has 4 rings (SSSR count). The van der Waals surface area contributed by atoms with Crippen molar-refractivity contribution < 1.29 is 5.11 Å². The van der Waals surface area contributed by atoms with E-state index in [1.807, 2.05) is 5.57 Å². The van der Waals surface area contributed by atoms with Gasteiger partial charge in [0.2, 0.25) is 0 Å². The lowest BCUT2D eigenvalue weighted by atomic mass is 9.46. The third-order valence-electron chi connectivity index (χ3n) is 10.5. The van der Waals surface area contributed by atoms with Gasteiger partial charge in [0.05, 0.1) is 6.10 Å². The van der Waals surface area contributed by atoms with Crippen molar-refractivity contribution in [3.05, 3.63) is 23.3 Å². The lowest BCUT2D eigenvalue weighted by molar-refractivity contribution is -0.0773. The fourth-order valence-corrected chi connectivity index (χ4v) is 8.76. The molecule has 0 saturated heterocycles. The lowest BCUT2D eigenvalue weighted by Gasteiger charge is -2.59. The zero-order valence-corrected chi connectivity index (χ0v) is 20.0. The maximum absolute atomic E-state index is 10.5. The van der Waals surface area contributed by atoms with Crippen LogP contribution in [0.2, 0.25) is 0 Å². The van der Waals surface area contributed by atoms with E-state index in [4.69, 9.17) is 0 Å². The normalized spacial score (nSPS) is 47.5. The van der Waals surface area contributed by atoms with Crippen LogP contribution in [0.25, 0.3) is 0 Å². The quantitative estimate of drug-likeness (QED) is 0.484. The highest BCUT2D eigenvalue weighted by Crippen LogP contribution is 2.67. The second-order valence-electron chi connectivity index (χ2n) is 12.2. The molecule has 3 fully saturated rings. The van der Waals surface area contributed by atoms with Crippen LogP contribution in [0.3, 0.4) is 0 Å². The minimum Gasteiger partial charge on any atom is -0.393 e. The van der Waals surface area contributed by atoms with Crippen LogP contribution in [0.5, 0.6) is 0 Å². The molecule has 0 aromatic carbocycles.